The van der Waals surface area contributed by atoms with Gasteiger partial charge in [-0.25, -0.2) is 0 Å². The Bertz CT molecular complexity index is 680. The number of ether oxygens (including phenoxy) is 4. The highest BCUT2D eigenvalue weighted by atomic mass is 32.2. The average molecular weight is 412 g/mol. The van der Waals surface area contributed by atoms with Crippen molar-refractivity contribution in [2.24, 2.45) is 0 Å². The maximum absolute atomic E-state index is 11.7. The topological polar surface area (TPSA) is 108 Å². The van der Waals surface area contributed by atoms with Gasteiger partial charge in [0.25, 0.3) is 0 Å². The zero-order chi connectivity index (χ0) is 20.7. The van der Waals surface area contributed by atoms with E-state index in [1.807, 2.05) is 30.3 Å². The summed E-state index contributed by atoms with van der Waals surface area (Å²) in [5, 5.41) is 9.80. The fourth-order valence-corrected chi connectivity index (χ4v) is 4.04. The first-order valence-electron chi connectivity index (χ1n) is 8.74. The van der Waals surface area contributed by atoms with Crippen LogP contribution in [0.25, 0.3) is 0 Å². The molecule has 3 unspecified atom stereocenters. The predicted molar refractivity (Wildman–Crippen MR) is 100 cm³/mol. The molecule has 5 atom stereocenters. The molecule has 1 fully saturated rings. The summed E-state index contributed by atoms with van der Waals surface area (Å²) in [6.45, 7) is 3.41. The van der Waals surface area contributed by atoms with Crippen molar-refractivity contribution in [1.29, 1.82) is 0 Å². The molecule has 1 N–H and O–H groups in total. The van der Waals surface area contributed by atoms with Gasteiger partial charge < -0.3 is 24.1 Å². The molecular formula is C19H24O8S. The van der Waals surface area contributed by atoms with Crippen molar-refractivity contribution >= 4 is 29.7 Å². The first-order valence-corrected chi connectivity index (χ1v) is 9.79. The summed E-state index contributed by atoms with van der Waals surface area (Å²) in [5.74, 6) is -1.23. The molecule has 1 aromatic rings. The minimum Gasteiger partial charge on any atom is -0.463 e. The normalized spacial score (nSPS) is 26.9. The van der Waals surface area contributed by atoms with Crippen molar-refractivity contribution in [2.75, 3.05) is 6.61 Å². The molecule has 0 saturated carbocycles. The van der Waals surface area contributed by atoms with E-state index in [1.54, 1.807) is 0 Å². The van der Waals surface area contributed by atoms with Gasteiger partial charge in [-0.1, -0.05) is 30.3 Å². The number of carbonyl (C=O) groups excluding carboxylic acids is 3. The molecule has 8 nitrogen and oxygen atoms in total. The van der Waals surface area contributed by atoms with E-state index in [9.17, 15) is 19.5 Å². The van der Waals surface area contributed by atoms with Gasteiger partial charge >= 0.3 is 17.9 Å². The molecule has 1 aliphatic heterocycles. The number of esters is 3. The summed E-state index contributed by atoms with van der Waals surface area (Å²) in [5.41, 5.74) is 1.01. The van der Waals surface area contributed by atoms with Crippen molar-refractivity contribution in [3.8, 4) is 0 Å². The molecule has 9 heteroatoms. The molecule has 28 heavy (non-hydrogen) atoms. The second-order valence-electron chi connectivity index (χ2n) is 6.28. The minimum atomic E-state index is -1.31. The first-order chi connectivity index (χ1) is 13.3. The average Bonchev–Trinajstić information content (AvgIpc) is 2.62. The molecule has 0 spiro atoms. The number of benzene rings is 1. The summed E-state index contributed by atoms with van der Waals surface area (Å²) >= 11 is 1.31. The van der Waals surface area contributed by atoms with Gasteiger partial charge in [0, 0.05) is 26.5 Å². The molecule has 1 saturated heterocycles. The summed E-state index contributed by atoms with van der Waals surface area (Å²) in [7, 11) is 0. The van der Waals surface area contributed by atoms with Crippen LogP contribution < -0.4 is 0 Å². The standard InChI is InChI=1S/C19H24O8S/c1-11(20)24-9-15-16(25-12(2)21)17(26-13(3)22)18(19(23)27-15)28-10-14-7-5-4-6-8-14/h4-8,15-19,23H,9-10H2,1-3H3/t15?,16-,17?,18?,19-/m1/s1. The fraction of sp³-hybridized carbons (Fsp3) is 0.526. The highest BCUT2D eigenvalue weighted by molar-refractivity contribution is 7.99. The van der Waals surface area contributed by atoms with Crippen molar-refractivity contribution in [3.05, 3.63) is 35.9 Å². The van der Waals surface area contributed by atoms with Crippen LogP contribution in [0, 0.1) is 0 Å². The van der Waals surface area contributed by atoms with E-state index in [0.29, 0.717) is 5.75 Å². The van der Waals surface area contributed by atoms with Crippen molar-refractivity contribution < 1.29 is 38.4 Å². The zero-order valence-corrected chi connectivity index (χ0v) is 16.7. The lowest BCUT2D eigenvalue weighted by Gasteiger charge is -2.43. The van der Waals surface area contributed by atoms with Crippen molar-refractivity contribution in [1.82, 2.24) is 0 Å². The number of carbonyl (C=O) groups is 3. The van der Waals surface area contributed by atoms with Crippen LogP contribution in [0.3, 0.4) is 0 Å². The number of aliphatic hydroxyl groups is 1. The van der Waals surface area contributed by atoms with E-state index in [4.69, 9.17) is 18.9 Å². The lowest BCUT2D eigenvalue weighted by atomic mass is 10.0. The van der Waals surface area contributed by atoms with Crippen LogP contribution in [0.5, 0.6) is 0 Å². The molecule has 0 amide bonds. The Labute approximate surface area is 167 Å². The Morgan fingerprint density at radius 3 is 2.18 bits per heavy atom. The number of thioether (sulfide) groups is 1. The van der Waals surface area contributed by atoms with E-state index < -0.39 is 47.8 Å². The second-order valence-corrected chi connectivity index (χ2v) is 7.44. The summed E-state index contributed by atoms with van der Waals surface area (Å²) in [6, 6.07) is 9.53. The maximum atomic E-state index is 11.7. The Morgan fingerprint density at radius 2 is 1.61 bits per heavy atom. The van der Waals surface area contributed by atoms with Gasteiger partial charge in [-0.15, -0.1) is 11.8 Å². The maximum Gasteiger partial charge on any atom is 0.303 e. The predicted octanol–water partition coefficient (Wildman–Crippen LogP) is 1.43. The molecule has 1 aliphatic rings. The zero-order valence-electron chi connectivity index (χ0n) is 15.9. The largest absolute Gasteiger partial charge is 0.463 e. The van der Waals surface area contributed by atoms with Gasteiger partial charge in [0.2, 0.25) is 0 Å². The third-order valence-corrected chi connectivity index (χ3v) is 5.34. The van der Waals surface area contributed by atoms with Gasteiger partial charge in [-0.2, -0.15) is 0 Å². The van der Waals surface area contributed by atoms with E-state index in [1.165, 1.54) is 32.5 Å². The van der Waals surface area contributed by atoms with Gasteiger partial charge in [0.1, 0.15) is 12.7 Å². The van der Waals surface area contributed by atoms with Gasteiger partial charge in [-0.05, 0) is 5.56 Å². The monoisotopic (exact) mass is 412 g/mol. The van der Waals surface area contributed by atoms with Gasteiger partial charge in [-0.3, -0.25) is 14.4 Å². The van der Waals surface area contributed by atoms with Gasteiger partial charge in [0.15, 0.2) is 18.5 Å². The summed E-state index contributed by atoms with van der Waals surface area (Å²) in [4.78, 5) is 34.4. The SMILES string of the molecule is CC(=O)OCC1O[C@@H](O)C(SCc2ccccc2)C(OC(C)=O)[C@@H]1OC(C)=O. The Hall–Kier alpha value is -2.10. The van der Waals surface area contributed by atoms with Crippen LogP contribution in [0.2, 0.25) is 0 Å². The fourth-order valence-electron chi connectivity index (χ4n) is 2.83. The van der Waals surface area contributed by atoms with E-state index in [0.717, 1.165) is 5.56 Å². The molecule has 154 valence electrons. The second kappa shape index (κ2) is 10.4. The lowest BCUT2D eigenvalue weighted by molar-refractivity contribution is -0.249. The smallest absolute Gasteiger partial charge is 0.303 e. The highest BCUT2D eigenvalue weighted by Gasteiger charge is 2.50. The molecule has 2 rings (SSSR count). The Morgan fingerprint density at radius 1 is 1.00 bits per heavy atom. The number of rotatable bonds is 7. The Balaban J connectivity index is 2.22. The number of aliphatic hydroxyl groups excluding tert-OH is 1. The molecule has 0 radical (unpaired) electrons. The molecule has 0 aliphatic carbocycles. The van der Waals surface area contributed by atoms with Crippen LogP contribution in [0.1, 0.15) is 26.3 Å². The third-order valence-electron chi connectivity index (χ3n) is 3.95. The summed E-state index contributed by atoms with van der Waals surface area (Å²) < 4.78 is 21.2. The number of hydrogen-bond acceptors (Lipinski definition) is 9. The quantitative estimate of drug-likeness (QED) is 0.525. The van der Waals surface area contributed by atoms with Crippen LogP contribution in [-0.4, -0.2) is 59.5 Å². The van der Waals surface area contributed by atoms with Crippen LogP contribution in [0.15, 0.2) is 30.3 Å². The van der Waals surface area contributed by atoms with E-state index >= 15 is 0 Å². The van der Waals surface area contributed by atoms with Crippen LogP contribution in [-0.2, 0) is 39.1 Å². The summed E-state index contributed by atoms with van der Waals surface area (Å²) in [6.07, 6.45) is -4.29. The molecule has 0 bridgehead atoms. The molecule has 1 heterocycles. The third kappa shape index (κ3) is 6.50. The first kappa shape index (κ1) is 22.2. The lowest BCUT2D eigenvalue weighted by Crippen LogP contribution is -2.60. The van der Waals surface area contributed by atoms with Gasteiger partial charge in [0.05, 0.1) is 5.25 Å². The highest BCUT2D eigenvalue weighted by Crippen LogP contribution is 2.34. The molecule has 1 aromatic carbocycles. The van der Waals surface area contributed by atoms with E-state index in [-0.39, 0.29) is 6.61 Å². The molecule has 0 aromatic heterocycles. The van der Waals surface area contributed by atoms with Crippen molar-refractivity contribution in [3.63, 3.8) is 0 Å². The van der Waals surface area contributed by atoms with E-state index in [2.05, 4.69) is 0 Å². The number of hydrogen-bond donors (Lipinski definition) is 1. The van der Waals surface area contributed by atoms with Crippen LogP contribution in [0.4, 0.5) is 0 Å². The Kier molecular flexibility index (Phi) is 8.28. The van der Waals surface area contributed by atoms with Crippen molar-refractivity contribution in [2.45, 2.75) is 56.4 Å². The molecular weight excluding hydrogens is 388 g/mol. The van der Waals surface area contributed by atoms with Crippen LogP contribution >= 0.6 is 11.8 Å². The minimum absolute atomic E-state index is 0.252.